The summed E-state index contributed by atoms with van der Waals surface area (Å²) in [4.78, 5) is 0. The van der Waals surface area contributed by atoms with E-state index in [9.17, 15) is 25.5 Å². The van der Waals surface area contributed by atoms with Gasteiger partial charge in [0, 0.05) is 12.5 Å². The van der Waals surface area contributed by atoms with Gasteiger partial charge in [0.25, 0.3) is 0 Å². The van der Waals surface area contributed by atoms with E-state index in [2.05, 4.69) is 32.9 Å². The van der Waals surface area contributed by atoms with E-state index >= 15 is 0 Å². The standard InChI is InChI=1S/C26H44O5/c1-14(13-27)5-6-15(2)18-12-21(30)22-16-11-20(29)23-24(31)19(28)8-10-25(23,3)17(16)7-9-26(18,22)4/h5-6,14-24,27-31H,7-13H2,1-4H3/b6-5+/t14-,15+,16-,17+,18-,19+,20+,21-,22-,23+,24+,25-,26-/m1/s1. The van der Waals surface area contributed by atoms with Crippen LogP contribution in [0.4, 0.5) is 0 Å². The average Bonchev–Trinajstić information content (AvgIpc) is 3.00. The molecule has 5 heteroatoms. The minimum atomic E-state index is -0.858. The third-order valence-electron chi connectivity index (χ3n) is 10.4. The van der Waals surface area contributed by atoms with Gasteiger partial charge in [-0.05, 0) is 84.9 Å². The molecule has 0 aromatic carbocycles. The van der Waals surface area contributed by atoms with Crippen molar-refractivity contribution in [1.82, 2.24) is 0 Å². The van der Waals surface area contributed by atoms with Crippen molar-refractivity contribution < 1.29 is 25.5 Å². The van der Waals surface area contributed by atoms with Crippen LogP contribution < -0.4 is 0 Å². The number of rotatable bonds is 4. The SMILES string of the molecule is C[C@H](/C=C/[C@H](C)[C@H]1C[C@@H](O)[C@H]2[C@@H]3C[C@H](O)[C@H]4[C@@H](O)[C@@H](O)CC[C@]4(C)[C@H]3CC[C@@]21C)CO. The van der Waals surface area contributed by atoms with Gasteiger partial charge in [-0.25, -0.2) is 0 Å². The molecule has 0 aromatic rings. The number of hydrogen-bond acceptors (Lipinski definition) is 5. The van der Waals surface area contributed by atoms with Crippen molar-refractivity contribution in [1.29, 1.82) is 0 Å². The summed E-state index contributed by atoms with van der Waals surface area (Å²) < 4.78 is 0. The van der Waals surface area contributed by atoms with Gasteiger partial charge >= 0.3 is 0 Å². The molecule has 0 aromatic heterocycles. The minimum Gasteiger partial charge on any atom is -0.396 e. The molecule has 31 heavy (non-hydrogen) atoms. The van der Waals surface area contributed by atoms with E-state index in [1.807, 2.05) is 6.92 Å². The quantitative estimate of drug-likeness (QED) is 0.436. The van der Waals surface area contributed by atoms with Crippen LogP contribution in [0.3, 0.4) is 0 Å². The normalized spacial score (nSPS) is 54.2. The lowest BCUT2D eigenvalue weighted by molar-refractivity contribution is -0.217. The minimum absolute atomic E-state index is 0.0303. The van der Waals surface area contributed by atoms with Gasteiger partial charge in [0.2, 0.25) is 0 Å². The Morgan fingerprint density at radius 2 is 1.48 bits per heavy atom. The maximum Gasteiger partial charge on any atom is 0.0857 e. The molecule has 0 radical (unpaired) electrons. The number of fused-ring (bicyclic) bond motifs is 5. The molecule has 0 bridgehead atoms. The Morgan fingerprint density at radius 1 is 0.839 bits per heavy atom. The largest absolute Gasteiger partial charge is 0.396 e. The first-order valence-corrected chi connectivity index (χ1v) is 12.6. The summed E-state index contributed by atoms with van der Waals surface area (Å²) in [5, 5.41) is 52.8. The molecule has 13 atom stereocenters. The summed E-state index contributed by atoms with van der Waals surface area (Å²) in [6.07, 6.45) is 6.68. The van der Waals surface area contributed by atoms with Crippen LogP contribution in [0.5, 0.6) is 0 Å². The first kappa shape index (κ1) is 23.7. The van der Waals surface area contributed by atoms with E-state index in [1.165, 1.54) is 0 Å². The number of aliphatic hydroxyl groups excluding tert-OH is 5. The predicted octanol–water partition coefficient (Wildman–Crippen LogP) is 2.74. The molecule has 0 saturated heterocycles. The fraction of sp³-hybridized carbons (Fsp3) is 0.923. The molecular weight excluding hydrogens is 392 g/mol. The summed E-state index contributed by atoms with van der Waals surface area (Å²) in [6.45, 7) is 8.98. The van der Waals surface area contributed by atoms with E-state index < -0.39 is 18.3 Å². The topological polar surface area (TPSA) is 101 Å². The first-order valence-electron chi connectivity index (χ1n) is 12.6. The van der Waals surface area contributed by atoms with Crippen LogP contribution in [0.1, 0.15) is 66.2 Å². The predicted molar refractivity (Wildman–Crippen MR) is 120 cm³/mol. The van der Waals surface area contributed by atoms with Crippen LogP contribution >= 0.6 is 0 Å². The van der Waals surface area contributed by atoms with Gasteiger partial charge in [0.15, 0.2) is 0 Å². The Bertz CT molecular complexity index is 681. The van der Waals surface area contributed by atoms with Gasteiger partial charge in [-0.2, -0.15) is 0 Å². The second-order valence-electron chi connectivity index (χ2n) is 12.1. The fourth-order valence-corrected chi connectivity index (χ4v) is 8.88. The van der Waals surface area contributed by atoms with E-state index in [1.54, 1.807) is 0 Å². The highest BCUT2D eigenvalue weighted by molar-refractivity contribution is 5.15. The lowest BCUT2D eigenvalue weighted by Crippen LogP contribution is -2.63. The van der Waals surface area contributed by atoms with E-state index in [0.717, 1.165) is 25.7 Å². The van der Waals surface area contributed by atoms with Gasteiger partial charge in [0.1, 0.15) is 0 Å². The first-order chi connectivity index (χ1) is 14.5. The second-order valence-corrected chi connectivity index (χ2v) is 12.1. The van der Waals surface area contributed by atoms with Gasteiger partial charge in [-0.15, -0.1) is 0 Å². The Labute approximate surface area is 187 Å². The van der Waals surface area contributed by atoms with Gasteiger partial charge in [0.05, 0.1) is 24.4 Å². The molecule has 5 nitrogen and oxygen atoms in total. The van der Waals surface area contributed by atoms with E-state index in [4.69, 9.17) is 0 Å². The zero-order valence-electron chi connectivity index (χ0n) is 19.7. The maximum absolute atomic E-state index is 11.3. The molecule has 0 heterocycles. The van der Waals surface area contributed by atoms with Gasteiger partial charge < -0.3 is 25.5 Å². The Kier molecular flexibility index (Phi) is 6.41. The lowest BCUT2D eigenvalue weighted by Gasteiger charge is -2.63. The monoisotopic (exact) mass is 436 g/mol. The summed E-state index contributed by atoms with van der Waals surface area (Å²) in [5.41, 5.74) is -0.162. The van der Waals surface area contributed by atoms with Crippen molar-refractivity contribution >= 4 is 0 Å². The molecule has 178 valence electrons. The van der Waals surface area contributed by atoms with Crippen LogP contribution in [-0.4, -0.2) is 56.6 Å². The summed E-state index contributed by atoms with van der Waals surface area (Å²) in [7, 11) is 0. The van der Waals surface area contributed by atoms with Crippen molar-refractivity contribution in [3.05, 3.63) is 12.2 Å². The lowest BCUT2D eigenvalue weighted by atomic mass is 9.43. The number of aliphatic hydroxyl groups is 5. The summed E-state index contributed by atoms with van der Waals surface area (Å²) in [6, 6.07) is 0. The van der Waals surface area contributed by atoms with Crippen molar-refractivity contribution in [2.45, 2.75) is 90.6 Å². The smallest absolute Gasteiger partial charge is 0.0857 e. The molecular formula is C26H44O5. The molecule has 0 unspecified atom stereocenters. The molecule has 4 aliphatic rings. The van der Waals surface area contributed by atoms with Crippen LogP contribution in [0.25, 0.3) is 0 Å². The highest BCUT2D eigenvalue weighted by atomic mass is 16.3. The van der Waals surface area contributed by atoms with Crippen LogP contribution in [0, 0.1) is 52.3 Å². The molecule has 4 aliphatic carbocycles. The molecule has 0 aliphatic heterocycles. The second kappa shape index (κ2) is 8.39. The maximum atomic E-state index is 11.3. The average molecular weight is 437 g/mol. The Hall–Kier alpha value is -0.460. The molecule has 0 amide bonds. The Morgan fingerprint density at radius 3 is 2.16 bits per heavy atom. The molecule has 0 spiro atoms. The van der Waals surface area contributed by atoms with E-state index in [0.29, 0.717) is 30.6 Å². The van der Waals surface area contributed by atoms with Crippen molar-refractivity contribution in [2.24, 2.45) is 52.3 Å². The number of hydrogen-bond donors (Lipinski definition) is 5. The molecule has 5 N–H and O–H groups in total. The van der Waals surface area contributed by atoms with Crippen molar-refractivity contribution in [3.8, 4) is 0 Å². The highest BCUT2D eigenvalue weighted by Crippen LogP contribution is 2.68. The number of allylic oxidation sites excluding steroid dienone is 1. The Balaban J connectivity index is 1.61. The van der Waals surface area contributed by atoms with E-state index in [-0.39, 0.29) is 47.2 Å². The third kappa shape index (κ3) is 3.63. The fourth-order valence-electron chi connectivity index (χ4n) is 8.88. The third-order valence-corrected chi connectivity index (χ3v) is 10.4. The van der Waals surface area contributed by atoms with Crippen LogP contribution in [0.15, 0.2) is 12.2 Å². The summed E-state index contributed by atoms with van der Waals surface area (Å²) >= 11 is 0. The molecule has 4 saturated carbocycles. The van der Waals surface area contributed by atoms with Crippen molar-refractivity contribution in [3.63, 3.8) is 0 Å². The van der Waals surface area contributed by atoms with Gasteiger partial charge in [-0.1, -0.05) is 39.8 Å². The molecule has 4 fully saturated rings. The van der Waals surface area contributed by atoms with Gasteiger partial charge in [-0.3, -0.25) is 0 Å². The van der Waals surface area contributed by atoms with Crippen LogP contribution in [0.2, 0.25) is 0 Å². The summed E-state index contributed by atoms with van der Waals surface area (Å²) in [5.74, 6) is 1.37. The van der Waals surface area contributed by atoms with Crippen molar-refractivity contribution in [2.75, 3.05) is 6.61 Å². The van der Waals surface area contributed by atoms with Crippen LogP contribution in [-0.2, 0) is 0 Å². The zero-order valence-corrected chi connectivity index (χ0v) is 19.7. The highest BCUT2D eigenvalue weighted by Gasteiger charge is 2.65. The zero-order chi connectivity index (χ0) is 22.7. The molecule has 4 rings (SSSR count).